The molecule has 1 fully saturated rings. The summed E-state index contributed by atoms with van der Waals surface area (Å²) in [5.41, 5.74) is 1.78. The second-order valence-corrected chi connectivity index (χ2v) is 7.83. The minimum atomic E-state index is -0.209. The SMILES string of the molecule is N#Cc1ccccc1Sc1ccccc1C(=O)Nc1cnn(C[C@H]2CCCO2)c1. The van der Waals surface area contributed by atoms with Gasteiger partial charge in [0.1, 0.15) is 6.07 Å². The van der Waals surface area contributed by atoms with E-state index in [1.54, 1.807) is 23.0 Å². The Morgan fingerprint density at radius 2 is 2.03 bits per heavy atom. The number of nitrogens with one attached hydrogen (secondary N) is 1. The maximum absolute atomic E-state index is 12.9. The van der Waals surface area contributed by atoms with Crippen LogP contribution in [-0.2, 0) is 11.3 Å². The van der Waals surface area contributed by atoms with Gasteiger partial charge in [-0.1, -0.05) is 36.0 Å². The third-order valence-corrected chi connectivity index (χ3v) is 5.82. The maximum Gasteiger partial charge on any atom is 0.256 e. The van der Waals surface area contributed by atoms with E-state index in [0.29, 0.717) is 23.4 Å². The lowest BCUT2D eigenvalue weighted by molar-refractivity contribution is 0.0940. The predicted molar refractivity (Wildman–Crippen MR) is 111 cm³/mol. The first-order valence-electron chi connectivity index (χ1n) is 9.44. The van der Waals surface area contributed by atoms with Gasteiger partial charge < -0.3 is 10.1 Å². The van der Waals surface area contributed by atoms with E-state index >= 15 is 0 Å². The fraction of sp³-hybridized carbons (Fsp3) is 0.227. The summed E-state index contributed by atoms with van der Waals surface area (Å²) in [5, 5.41) is 16.6. The molecular weight excluding hydrogens is 384 g/mol. The summed E-state index contributed by atoms with van der Waals surface area (Å²) in [6.45, 7) is 1.49. The number of anilines is 1. The van der Waals surface area contributed by atoms with Crippen molar-refractivity contribution in [1.29, 1.82) is 5.26 Å². The summed E-state index contributed by atoms with van der Waals surface area (Å²) >= 11 is 1.41. The van der Waals surface area contributed by atoms with Crippen molar-refractivity contribution in [3.63, 3.8) is 0 Å². The lowest BCUT2D eigenvalue weighted by Crippen LogP contribution is -2.15. The summed E-state index contributed by atoms with van der Waals surface area (Å²) in [4.78, 5) is 14.5. The zero-order valence-electron chi connectivity index (χ0n) is 15.7. The van der Waals surface area contributed by atoms with Crippen LogP contribution in [0.3, 0.4) is 0 Å². The van der Waals surface area contributed by atoms with Gasteiger partial charge in [-0.2, -0.15) is 10.4 Å². The largest absolute Gasteiger partial charge is 0.376 e. The quantitative estimate of drug-likeness (QED) is 0.661. The smallest absolute Gasteiger partial charge is 0.256 e. The summed E-state index contributed by atoms with van der Waals surface area (Å²) in [6.07, 6.45) is 5.78. The van der Waals surface area contributed by atoms with Crippen molar-refractivity contribution in [2.75, 3.05) is 11.9 Å². The number of amides is 1. The van der Waals surface area contributed by atoms with Crippen LogP contribution < -0.4 is 5.32 Å². The molecule has 0 radical (unpaired) electrons. The topological polar surface area (TPSA) is 79.9 Å². The number of hydrogen-bond donors (Lipinski definition) is 1. The molecule has 0 saturated carbocycles. The molecule has 4 rings (SSSR count). The molecule has 2 heterocycles. The average Bonchev–Trinajstić information content (AvgIpc) is 3.41. The van der Waals surface area contributed by atoms with E-state index in [1.165, 1.54) is 11.8 Å². The van der Waals surface area contributed by atoms with E-state index in [1.807, 2.05) is 42.6 Å². The molecule has 2 aromatic carbocycles. The minimum Gasteiger partial charge on any atom is -0.376 e. The summed E-state index contributed by atoms with van der Waals surface area (Å²) in [6, 6.07) is 16.9. The highest BCUT2D eigenvalue weighted by molar-refractivity contribution is 7.99. The summed E-state index contributed by atoms with van der Waals surface area (Å²) in [5.74, 6) is -0.209. The van der Waals surface area contributed by atoms with Crippen LogP contribution in [0.4, 0.5) is 5.69 Å². The van der Waals surface area contributed by atoms with Gasteiger partial charge in [0.25, 0.3) is 5.91 Å². The molecule has 0 bridgehead atoms. The number of carbonyl (C=O) groups excluding carboxylic acids is 1. The van der Waals surface area contributed by atoms with E-state index in [-0.39, 0.29) is 12.0 Å². The van der Waals surface area contributed by atoms with Crippen molar-refractivity contribution in [3.8, 4) is 6.07 Å². The molecule has 1 amide bonds. The van der Waals surface area contributed by atoms with Gasteiger partial charge in [0, 0.05) is 22.6 Å². The van der Waals surface area contributed by atoms with Crippen molar-refractivity contribution in [3.05, 3.63) is 72.1 Å². The van der Waals surface area contributed by atoms with Gasteiger partial charge in [0.15, 0.2) is 0 Å². The van der Waals surface area contributed by atoms with Crippen LogP contribution in [0.25, 0.3) is 0 Å². The van der Waals surface area contributed by atoms with Crippen molar-refractivity contribution in [1.82, 2.24) is 9.78 Å². The van der Waals surface area contributed by atoms with Gasteiger partial charge in [-0.3, -0.25) is 9.48 Å². The van der Waals surface area contributed by atoms with Gasteiger partial charge in [0.2, 0.25) is 0 Å². The van der Waals surface area contributed by atoms with Crippen molar-refractivity contribution >= 4 is 23.4 Å². The van der Waals surface area contributed by atoms with Crippen LogP contribution in [0.1, 0.15) is 28.8 Å². The molecule has 1 N–H and O–H groups in total. The molecule has 3 aromatic rings. The Balaban J connectivity index is 1.48. The van der Waals surface area contributed by atoms with Crippen LogP contribution in [0.2, 0.25) is 0 Å². The first-order valence-corrected chi connectivity index (χ1v) is 10.3. The number of aromatic nitrogens is 2. The van der Waals surface area contributed by atoms with Crippen LogP contribution in [0.15, 0.2) is 70.7 Å². The van der Waals surface area contributed by atoms with Gasteiger partial charge in [-0.05, 0) is 37.1 Å². The van der Waals surface area contributed by atoms with E-state index in [0.717, 1.165) is 29.2 Å². The second-order valence-electron chi connectivity index (χ2n) is 6.75. The maximum atomic E-state index is 12.9. The highest BCUT2D eigenvalue weighted by atomic mass is 32.2. The number of nitriles is 1. The Kier molecular flexibility index (Phi) is 5.94. The number of nitrogens with zero attached hydrogens (tertiary/aromatic N) is 3. The Hall–Kier alpha value is -3.08. The van der Waals surface area contributed by atoms with Crippen molar-refractivity contribution in [2.24, 2.45) is 0 Å². The second kappa shape index (κ2) is 8.95. The molecule has 7 heteroatoms. The Morgan fingerprint density at radius 1 is 1.24 bits per heavy atom. The van der Waals surface area contributed by atoms with Gasteiger partial charge in [-0.15, -0.1) is 0 Å². The molecule has 146 valence electrons. The third-order valence-electron chi connectivity index (χ3n) is 4.66. The summed E-state index contributed by atoms with van der Waals surface area (Å²) < 4.78 is 7.43. The first kappa shape index (κ1) is 19.2. The molecular formula is C22H20N4O2S. The molecule has 1 aromatic heterocycles. The van der Waals surface area contributed by atoms with E-state index in [2.05, 4.69) is 16.5 Å². The third kappa shape index (κ3) is 4.67. The number of carbonyl (C=O) groups is 1. The Bertz CT molecular complexity index is 1050. The van der Waals surface area contributed by atoms with E-state index < -0.39 is 0 Å². The minimum absolute atomic E-state index is 0.191. The number of hydrogen-bond acceptors (Lipinski definition) is 5. The monoisotopic (exact) mass is 404 g/mol. The van der Waals surface area contributed by atoms with Crippen LogP contribution >= 0.6 is 11.8 Å². The predicted octanol–water partition coefficient (Wildman–Crippen LogP) is 4.34. The van der Waals surface area contributed by atoms with E-state index in [9.17, 15) is 10.1 Å². The van der Waals surface area contributed by atoms with Crippen molar-refractivity contribution < 1.29 is 9.53 Å². The molecule has 0 unspecified atom stereocenters. The zero-order valence-corrected chi connectivity index (χ0v) is 16.6. The average molecular weight is 404 g/mol. The molecule has 6 nitrogen and oxygen atoms in total. The molecule has 1 aliphatic rings. The Labute approximate surface area is 173 Å². The number of rotatable bonds is 6. The standard InChI is InChI=1S/C22H20N4O2S/c23-12-16-6-1-3-9-20(16)29-21-10-4-2-8-19(21)22(27)25-17-13-24-26(14-17)15-18-7-5-11-28-18/h1-4,6,8-10,13-14,18H,5,7,11,15H2,(H,25,27)/t18-/m1/s1. The number of benzene rings is 2. The normalized spacial score (nSPS) is 15.8. The highest BCUT2D eigenvalue weighted by Crippen LogP contribution is 2.32. The van der Waals surface area contributed by atoms with E-state index in [4.69, 9.17) is 4.74 Å². The highest BCUT2D eigenvalue weighted by Gasteiger charge is 2.17. The summed E-state index contributed by atoms with van der Waals surface area (Å²) in [7, 11) is 0. The Morgan fingerprint density at radius 3 is 2.83 bits per heavy atom. The molecule has 0 spiro atoms. The molecule has 0 aliphatic carbocycles. The molecule has 1 atom stereocenters. The molecule has 29 heavy (non-hydrogen) atoms. The van der Waals surface area contributed by atoms with Gasteiger partial charge in [-0.25, -0.2) is 0 Å². The molecule has 1 aliphatic heterocycles. The zero-order chi connectivity index (χ0) is 20.1. The van der Waals surface area contributed by atoms with Gasteiger partial charge >= 0.3 is 0 Å². The first-order chi connectivity index (χ1) is 14.2. The lowest BCUT2D eigenvalue weighted by atomic mass is 10.2. The lowest BCUT2D eigenvalue weighted by Gasteiger charge is -2.10. The molecule has 1 saturated heterocycles. The fourth-order valence-electron chi connectivity index (χ4n) is 3.23. The van der Waals surface area contributed by atoms with Crippen LogP contribution in [0, 0.1) is 11.3 Å². The van der Waals surface area contributed by atoms with Crippen molar-refractivity contribution in [2.45, 2.75) is 35.3 Å². The number of ether oxygens (including phenoxy) is 1. The van der Waals surface area contributed by atoms with Crippen LogP contribution in [0.5, 0.6) is 0 Å². The van der Waals surface area contributed by atoms with Gasteiger partial charge in [0.05, 0.1) is 35.7 Å². The van der Waals surface area contributed by atoms with Crippen LogP contribution in [-0.4, -0.2) is 28.4 Å². The fourth-order valence-corrected chi connectivity index (χ4v) is 4.26.